The number of para-hydroxylation sites is 1. The molecule has 0 saturated carbocycles. The number of hydrogen-bond donors (Lipinski definition) is 2. The zero-order valence-corrected chi connectivity index (χ0v) is 9.51. The first-order chi connectivity index (χ1) is 8.70. The van der Waals surface area contributed by atoms with Crippen LogP contribution in [0.5, 0.6) is 0 Å². The summed E-state index contributed by atoms with van der Waals surface area (Å²) in [5.74, 6) is -0.550. The summed E-state index contributed by atoms with van der Waals surface area (Å²) in [6.45, 7) is 3.27. The van der Waals surface area contributed by atoms with Crippen LogP contribution in [-0.2, 0) is 4.79 Å². The number of hydrogen-bond acceptors (Lipinski definition) is 3. The number of nitrogens with one attached hydrogen (secondary N) is 2. The quantitative estimate of drug-likeness (QED) is 0.790. The molecule has 0 aliphatic rings. The van der Waals surface area contributed by atoms with E-state index in [1.54, 1.807) is 12.3 Å². The molecule has 90 valence electrons. The van der Waals surface area contributed by atoms with E-state index in [2.05, 4.69) is 22.2 Å². The molecule has 5 nitrogen and oxygen atoms in total. The highest BCUT2D eigenvalue weighted by Gasteiger charge is 2.07. The molecule has 0 fully saturated rings. The fourth-order valence-corrected chi connectivity index (χ4v) is 1.52. The molecule has 3 amide bonds. The third kappa shape index (κ3) is 2.52. The number of imide groups is 1. The van der Waals surface area contributed by atoms with Gasteiger partial charge in [0.05, 0.1) is 11.2 Å². The van der Waals surface area contributed by atoms with E-state index in [1.807, 2.05) is 24.3 Å². The zero-order chi connectivity index (χ0) is 13.0. The van der Waals surface area contributed by atoms with Crippen molar-refractivity contribution in [1.82, 2.24) is 10.3 Å². The zero-order valence-electron chi connectivity index (χ0n) is 9.51. The number of anilines is 1. The first kappa shape index (κ1) is 11.8. The first-order valence-electron chi connectivity index (χ1n) is 5.29. The van der Waals surface area contributed by atoms with E-state index >= 15 is 0 Å². The van der Waals surface area contributed by atoms with E-state index in [4.69, 9.17) is 0 Å². The second kappa shape index (κ2) is 5.09. The fraction of sp³-hybridized carbons (Fsp3) is 0. The van der Waals surface area contributed by atoms with Gasteiger partial charge >= 0.3 is 6.03 Å². The van der Waals surface area contributed by atoms with Gasteiger partial charge in [-0.1, -0.05) is 24.8 Å². The van der Waals surface area contributed by atoms with Crippen LogP contribution >= 0.6 is 0 Å². The number of carbonyl (C=O) groups excluding carboxylic acids is 2. The van der Waals surface area contributed by atoms with Crippen molar-refractivity contribution in [3.8, 4) is 0 Å². The number of urea groups is 1. The van der Waals surface area contributed by atoms with Crippen LogP contribution in [0.25, 0.3) is 10.9 Å². The van der Waals surface area contributed by atoms with Gasteiger partial charge in [-0.15, -0.1) is 0 Å². The minimum absolute atomic E-state index is 0.550. The molecule has 1 heterocycles. The maximum absolute atomic E-state index is 11.5. The van der Waals surface area contributed by atoms with E-state index in [-0.39, 0.29) is 0 Å². The van der Waals surface area contributed by atoms with Crippen LogP contribution in [-0.4, -0.2) is 16.9 Å². The molecule has 2 aromatic rings. The Kier molecular flexibility index (Phi) is 3.33. The Morgan fingerprint density at radius 2 is 2.00 bits per heavy atom. The summed E-state index contributed by atoms with van der Waals surface area (Å²) in [6, 6.07) is 8.46. The Morgan fingerprint density at radius 3 is 2.78 bits per heavy atom. The topological polar surface area (TPSA) is 71.1 Å². The lowest BCUT2D eigenvalue weighted by Gasteiger charge is -2.07. The number of pyridine rings is 1. The summed E-state index contributed by atoms with van der Waals surface area (Å²) in [4.78, 5) is 26.7. The Morgan fingerprint density at radius 1 is 1.22 bits per heavy atom. The number of carbonyl (C=O) groups is 2. The van der Waals surface area contributed by atoms with Crippen molar-refractivity contribution < 1.29 is 9.59 Å². The highest BCUT2D eigenvalue weighted by atomic mass is 16.2. The molecule has 0 bridgehead atoms. The maximum atomic E-state index is 11.5. The lowest BCUT2D eigenvalue weighted by molar-refractivity contribution is -0.115. The van der Waals surface area contributed by atoms with Crippen LogP contribution in [0.3, 0.4) is 0 Å². The van der Waals surface area contributed by atoms with Gasteiger partial charge in [-0.25, -0.2) is 4.79 Å². The molecule has 2 N–H and O–H groups in total. The second-order valence-corrected chi connectivity index (χ2v) is 3.52. The largest absolute Gasteiger partial charge is 0.326 e. The summed E-state index contributed by atoms with van der Waals surface area (Å²) >= 11 is 0. The Hall–Kier alpha value is -2.69. The van der Waals surface area contributed by atoms with Crippen molar-refractivity contribution in [2.45, 2.75) is 0 Å². The van der Waals surface area contributed by atoms with Crippen molar-refractivity contribution in [3.63, 3.8) is 0 Å². The van der Waals surface area contributed by atoms with E-state index in [0.717, 1.165) is 17.0 Å². The molecule has 2 rings (SSSR count). The van der Waals surface area contributed by atoms with Crippen molar-refractivity contribution in [1.29, 1.82) is 0 Å². The van der Waals surface area contributed by atoms with Gasteiger partial charge in [-0.3, -0.25) is 15.1 Å². The number of rotatable bonds is 2. The van der Waals surface area contributed by atoms with Crippen LogP contribution in [0.4, 0.5) is 10.5 Å². The second-order valence-electron chi connectivity index (χ2n) is 3.52. The predicted octanol–water partition coefficient (Wildman–Crippen LogP) is 2.07. The Balaban J connectivity index is 2.24. The van der Waals surface area contributed by atoms with Gasteiger partial charge < -0.3 is 5.32 Å². The van der Waals surface area contributed by atoms with Crippen molar-refractivity contribution in [2.75, 3.05) is 5.32 Å². The monoisotopic (exact) mass is 241 g/mol. The molecule has 0 unspecified atom stereocenters. The third-order valence-corrected chi connectivity index (χ3v) is 2.32. The molecule has 0 spiro atoms. The SMILES string of the molecule is C=CC(=O)NC(=O)Nc1ccnc2ccccc12. The fourth-order valence-electron chi connectivity index (χ4n) is 1.52. The molecule has 1 aromatic heterocycles. The minimum Gasteiger partial charge on any atom is -0.307 e. The van der Waals surface area contributed by atoms with Gasteiger partial charge in [-0.2, -0.15) is 0 Å². The molecule has 1 aromatic carbocycles. The van der Waals surface area contributed by atoms with Gasteiger partial charge in [-0.05, 0) is 18.2 Å². The highest BCUT2D eigenvalue weighted by Crippen LogP contribution is 2.20. The van der Waals surface area contributed by atoms with Crippen LogP contribution in [0.2, 0.25) is 0 Å². The molecular weight excluding hydrogens is 230 g/mol. The summed E-state index contributed by atoms with van der Waals surface area (Å²) in [5, 5.41) is 5.51. The molecule has 18 heavy (non-hydrogen) atoms. The van der Waals surface area contributed by atoms with Gasteiger partial charge in [0.25, 0.3) is 5.91 Å². The summed E-state index contributed by atoms with van der Waals surface area (Å²) < 4.78 is 0. The number of aromatic nitrogens is 1. The van der Waals surface area contributed by atoms with Crippen LogP contribution in [0.15, 0.2) is 49.2 Å². The van der Waals surface area contributed by atoms with E-state index in [1.165, 1.54) is 0 Å². The number of amides is 3. The maximum Gasteiger partial charge on any atom is 0.326 e. The van der Waals surface area contributed by atoms with E-state index < -0.39 is 11.9 Å². The number of nitrogens with zero attached hydrogens (tertiary/aromatic N) is 1. The smallest absolute Gasteiger partial charge is 0.307 e. The van der Waals surface area contributed by atoms with Crippen molar-refractivity contribution >= 4 is 28.5 Å². The van der Waals surface area contributed by atoms with Gasteiger partial charge in [0.15, 0.2) is 0 Å². The molecule has 0 saturated heterocycles. The van der Waals surface area contributed by atoms with Crippen LogP contribution in [0.1, 0.15) is 0 Å². The minimum atomic E-state index is -0.601. The van der Waals surface area contributed by atoms with Crippen LogP contribution < -0.4 is 10.6 Å². The normalized spacial score (nSPS) is 9.78. The summed E-state index contributed by atoms with van der Waals surface area (Å²) in [6.07, 6.45) is 2.62. The molecule has 0 aliphatic heterocycles. The third-order valence-electron chi connectivity index (χ3n) is 2.32. The number of fused-ring (bicyclic) bond motifs is 1. The molecule has 5 heteroatoms. The van der Waals surface area contributed by atoms with E-state index in [0.29, 0.717) is 5.69 Å². The van der Waals surface area contributed by atoms with E-state index in [9.17, 15) is 9.59 Å². The van der Waals surface area contributed by atoms with Gasteiger partial charge in [0.1, 0.15) is 0 Å². The number of benzene rings is 1. The lowest BCUT2D eigenvalue weighted by atomic mass is 10.2. The standard InChI is InChI=1S/C13H11N3O2/c1-2-12(17)16-13(18)15-11-7-8-14-10-6-4-3-5-9(10)11/h2-8H,1H2,(H2,14,15,16,17,18). The molecule has 0 atom stereocenters. The summed E-state index contributed by atoms with van der Waals surface area (Å²) in [5.41, 5.74) is 1.36. The average molecular weight is 241 g/mol. The average Bonchev–Trinajstić information content (AvgIpc) is 2.39. The summed E-state index contributed by atoms with van der Waals surface area (Å²) in [7, 11) is 0. The predicted molar refractivity (Wildman–Crippen MR) is 69.1 cm³/mol. The molecule has 0 aliphatic carbocycles. The molecule has 0 radical (unpaired) electrons. The lowest BCUT2D eigenvalue weighted by Crippen LogP contribution is -2.33. The Bertz CT molecular complexity index is 617. The van der Waals surface area contributed by atoms with Crippen molar-refractivity contribution in [3.05, 3.63) is 49.2 Å². The van der Waals surface area contributed by atoms with Crippen molar-refractivity contribution in [2.24, 2.45) is 0 Å². The van der Waals surface area contributed by atoms with Crippen LogP contribution in [0, 0.1) is 0 Å². The first-order valence-corrected chi connectivity index (χ1v) is 5.29. The highest BCUT2D eigenvalue weighted by molar-refractivity contribution is 6.07. The molecular formula is C13H11N3O2. The Labute approximate surface area is 104 Å². The van der Waals surface area contributed by atoms with Gasteiger partial charge in [0, 0.05) is 11.6 Å². The van der Waals surface area contributed by atoms with Gasteiger partial charge in [0.2, 0.25) is 0 Å².